The molecule has 0 aliphatic rings. The molecule has 0 aromatic heterocycles. The van der Waals surface area contributed by atoms with Crippen LogP contribution in [0.3, 0.4) is 0 Å². The molecule has 1 amide bonds. The van der Waals surface area contributed by atoms with Gasteiger partial charge in [-0.05, 0) is 43.3 Å². The monoisotopic (exact) mass is 425 g/mol. The van der Waals surface area contributed by atoms with E-state index in [0.717, 1.165) is 5.56 Å². The van der Waals surface area contributed by atoms with Crippen molar-refractivity contribution in [1.82, 2.24) is 0 Å². The topological polar surface area (TPSA) is 56.8 Å². The first-order chi connectivity index (χ1) is 15.0. The number of amides is 1. The maximum Gasteiger partial charge on any atom is 0.387 e. The van der Waals surface area contributed by atoms with Gasteiger partial charge in [0.25, 0.3) is 0 Å². The molecule has 0 spiro atoms. The van der Waals surface area contributed by atoms with Gasteiger partial charge in [0.1, 0.15) is 5.75 Å². The summed E-state index contributed by atoms with van der Waals surface area (Å²) in [4.78, 5) is 12.4. The van der Waals surface area contributed by atoms with Gasteiger partial charge in [-0.15, -0.1) is 0 Å². The average molecular weight is 425 g/mol. The van der Waals surface area contributed by atoms with Crippen LogP contribution in [0.25, 0.3) is 6.08 Å². The zero-order valence-electron chi connectivity index (χ0n) is 17.0. The Morgan fingerprint density at radius 3 is 2.39 bits per heavy atom. The number of halogens is 2. The predicted molar refractivity (Wildman–Crippen MR) is 115 cm³/mol. The quantitative estimate of drug-likeness (QED) is 0.447. The number of aryl methyl sites for hydroxylation is 1. The molecule has 0 saturated heterocycles. The number of hydrogen-bond acceptors (Lipinski definition) is 4. The molecular formula is C24H21F2NO4. The molecular weight excluding hydrogens is 404 g/mol. The number of methoxy groups -OCH3 is 1. The van der Waals surface area contributed by atoms with E-state index in [9.17, 15) is 13.6 Å². The van der Waals surface area contributed by atoms with Crippen LogP contribution >= 0.6 is 0 Å². The highest BCUT2D eigenvalue weighted by Gasteiger charge is 2.14. The van der Waals surface area contributed by atoms with Gasteiger partial charge in [0.2, 0.25) is 5.91 Å². The van der Waals surface area contributed by atoms with Gasteiger partial charge >= 0.3 is 6.61 Å². The molecule has 0 bridgehead atoms. The highest BCUT2D eigenvalue weighted by molar-refractivity contribution is 6.03. The zero-order chi connectivity index (χ0) is 22.2. The van der Waals surface area contributed by atoms with Gasteiger partial charge in [-0.25, -0.2) is 0 Å². The molecule has 0 heterocycles. The van der Waals surface area contributed by atoms with E-state index in [1.807, 2.05) is 31.2 Å². The van der Waals surface area contributed by atoms with Crippen molar-refractivity contribution in [3.8, 4) is 23.0 Å². The van der Waals surface area contributed by atoms with Crippen molar-refractivity contribution < 1.29 is 27.8 Å². The van der Waals surface area contributed by atoms with Crippen molar-refractivity contribution in [1.29, 1.82) is 0 Å². The minimum Gasteiger partial charge on any atom is -0.493 e. The summed E-state index contributed by atoms with van der Waals surface area (Å²) in [5, 5.41) is 2.73. The minimum absolute atomic E-state index is 0.139. The molecule has 0 atom stereocenters. The minimum atomic E-state index is -3.02. The molecule has 0 saturated carbocycles. The normalized spacial score (nSPS) is 10.9. The van der Waals surface area contributed by atoms with Crippen molar-refractivity contribution in [2.75, 3.05) is 12.4 Å². The predicted octanol–water partition coefficient (Wildman–Crippen LogP) is 6.05. The molecule has 3 rings (SSSR count). The summed E-state index contributed by atoms with van der Waals surface area (Å²) in [5.41, 5.74) is 1.85. The lowest BCUT2D eigenvalue weighted by molar-refractivity contribution is -0.111. The fourth-order valence-electron chi connectivity index (χ4n) is 2.77. The number of benzene rings is 3. The highest BCUT2D eigenvalue weighted by atomic mass is 19.3. The van der Waals surface area contributed by atoms with E-state index in [4.69, 9.17) is 9.47 Å². The Morgan fingerprint density at radius 2 is 1.68 bits per heavy atom. The lowest BCUT2D eigenvalue weighted by Gasteiger charge is -2.13. The van der Waals surface area contributed by atoms with Crippen LogP contribution in [0.2, 0.25) is 0 Å². The van der Waals surface area contributed by atoms with E-state index in [1.165, 1.54) is 25.3 Å². The Morgan fingerprint density at radius 1 is 0.968 bits per heavy atom. The van der Waals surface area contributed by atoms with Crippen LogP contribution in [-0.4, -0.2) is 19.6 Å². The Hall–Kier alpha value is -3.87. The molecule has 7 heteroatoms. The number of carbonyl (C=O) groups is 1. The molecule has 3 aromatic rings. The van der Waals surface area contributed by atoms with Crippen molar-refractivity contribution in [2.45, 2.75) is 13.5 Å². The van der Waals surface area contributed by atoms with E-state index in [0.29, 0.717) is 17.2 Å². The maximum atomic E-state index is 12.8. The summed E-state index contributed by atoms with van der Waals surface area (Å²) in [6, 6.07) is 19.1. The van der Waals surface area contributed by atoms with Crippen molar-refractivity contribution in [2.24, 2.45) is 0 Å². The Labute approximate surface area is 178 Å². The molecule has 1 N–H and O–H groups in total. The van der Waals surface area contributed by atoms with Crippen LogP contribution in [0.15, 0.2) is 72.8 Å². The number of anilines is 1. The average Bonchev–Trinajstić information content (AvgIpc) is 2.75. The van der Waals surface area contributed by atoms with Crippen LogP contribution in [0, 0.1) is 6.92 Å². The molecule has 0 fully saturated rings. The SMILES string of the molecule is COc1cccc(/C=C/C(=O)Nc2ccccc2Oc2ccc(C)cc2)c1OC(F)F. The van der Waals surface area contributed by atoms with Gasteiger partial charge in [0, 0.05) is 11.6 Å². The standard InChI is InChI=1S/C24H21F2NO4/c1-16-10-13-18(14-11-16)30-20-8-4-3-7-19(20)27-22(28)15-12-17-6-5-9-21(29-2)23(17)31-24(25)26/h3-15,24H,1-2H3,(H,27,28)/b15-12+. The second kappa shape index (κ2) is 10.2. The number of para-hydroxylation sites is 3. The smallest absolute Gasteiger partial charge is 0.387 e. The van der Waals surface area contributed by atoms with Crippen LogP contribution in [-0.2, 0) is 4.79 Å². The maximum absolute atomic E-state index is 12.8. The fourth-order valence-corrected chi connectivity index (χ4v) is 2.77. The second-order valence-corrected chi connectivity index (χ2v) is 6.49. The van der Waals surface area contributed by atoms with Gasteiger partial charge in [-0.3, -0.25) is 4.79 Å². The van der Waals surface area contributed by atoms with Gasteiger partial charge in [-0.1, -0.05) is 42.0 Å². The summed E-state index contributed by atoms with van der Waals surface area (Å²) < 4.78 is 41.0. The van der Waals surface area contributed by atoms with E-state index >= 15 is 0 Å². The Bertz CT molecular complexity index is 1070. The summed E-state index contributed by atoms with van der Waals surface area (Å²) >= 11 is 0. The molecule has 31 heavy (non-hydrogen) atoms. The molecule has 0 aliphatic carbocycles. The number of alkyl halides is 2. The second-order valence-electron chi connectivity index (χ2n) is 6.49. The van der Waals surface area contributed by atoms with E-state index < -0.39 is 12.5 Å². The zero-order valence-corrected chi connectivity index (χ0v) is 17.0. The van der Waals surface area contributed by atoms with Crippen molar-refractivity contribution >= 4 is 17.7 Å². The summed E-state index contributed by atoms with van der Waals surface area (Å²) in [6.45, 7) is -1.05. The lowest BCUT2D eigenvalue weighted by Crippen LogP contribution is -2.09. The molecule has 0 radical (unpaired) electrons. The van der Waals surface area contributed by atoms with Crippen LogP contribution in [0.4, 0.5) is 14.5 Å². The van der Waals surface area contributed by atoms with Crippen molar-refractivity contribution in [3.63, 3.8) is 0 Å². The van der Waals surface area contributed by atoms with Gasteiger partial charge in [0.15, 0.2) is 17.2 Å². The highest BCUT2D eigenvalue weighted by Crippen LogP contribution is 2.33. The number of carbonyl (C=O) groups excluding carboxylic acids is 1. The first-order valence-corrected chi connectivity index (χ1v) is 9.40. The molecule has 3 aromatic carbocycles. The molecule has 160 valence electrons. The number of rotatable bonds is 8. The Balaban J connectivity index is 1.76. The van der Waals surface area contributed by atoms with E-state index in [-0.39, 0.29) is 17.1 Å². The van der Waals surface area contributed by atoms with E-state index in [1.54, 1.807) is 36.4 Å². The van der Waals surface area contributed by atoms with Crippen LogP contribution < -0.4 is 19.5 Å². The fraction of sp³-hybridized carbons (Fsp3) is 0.125. The number of hydrogen-bond donors (Lipinski definition) is 1. The lowest BCUT2D eigenvalue weighted by atomic mass is 10.1. The third kappa shape index (κ3) is 6.05. The Kier molecular flexibility index (Phi) is 7.22. The molecule has 5 nitrogen and oxygen atoms in total. The van der Waals surface area contributed by atoms with Crippen LogP contribution in [0.5, 0.6) is 23.0 Å². The number of nitrogens with one attached hydrogen (secondary N) is 1. The van der Waals surface area contributed by atoms with Gasteiger partial charge in [0.05, 0.1) is 12.8 Å². The first-order valence-electron chi connectivity index (χ1n) is 9.40. The molecule has 0 unspecified atom stereocenters. The largest absolute Gasteiger partial charge is 0.493 e. The van der Waals surface area contributed by atoms with Gasteiger partial charge < -0.3 is 19.5 Å². The van der Waals surface area contributed by atoms with E-state index in [2.05, 4.69) is 10.1 Å². The summed E-state index contributed by atoms with van der Waals surface area (Å²) in [7, 11) is 1.35. The third-order valence-corrected chi connectivity index (χ3v) is 4.24. The summed E-state index contributed by atoms with van der Waals surface area (Å²) in [6.07, 6.45) is 2.59. The number of ether oxygens (including phenoxy) is 3. The third-order valence-electron chi connectivity index (χ3n) is 4.24. The molecule has 0 aliphatic heterocycles. The summed E-state index contributed by atoms with van der Waals surface area (Å²) in [5.74, 6) is 0.627. The van der Waals surface area contributed by atoms with Crippen molar-refractivity contribution in [3.05, 3.63) is 83.9 Å². The van der Waals surface area contributed by atoms with Crippen LogP contribution in [0.1, 0.15) is 11.1 Å². The first kappa shape index (κ1) is 21.8. The van der Waals surface area contributed by atoms with Gasteiger partial charge in [-0.2, -0.15) is 8.78 Å².